The van der Waals surface area contributed by atoms with E-state index in [1.807, 2.05) is 0 Å². The first-order chi connectivity index (χ1) is 9.52. The number of aliphatic carboxylic acids is 1. The summed E-state index contributed by atoms with van der Waals surface area (Å²) in [6.07, 6.45) is 1.67. The third kappa shape index (κ3) is 3.10. The summed E-state index contributed by atoms with van der Waals surface area (Å²) in [4.78, 5) is 27.7. The van der Waals surface area contributed by atoms with E-state index in [0.29, 0.717) is 21.8 Å². The van der Waals surface area contributed by atoms with E-state index in [4.69, 9.17) is 5.11 Å². The van der Waals surface area contributed by atoms with Gasteiger partial charge in [0.25, 0.3) is 5.56 Å². The van der Waals surface area contributed by atoms with Crippen LogP contribution >= 0.6 is 27.7 Å². The van der Waals surface area contributed by atoms with Gasteiger partial charge in [-0.2, -0.15) is 0 Å². The SMILES string of the molecule is C=CCSc1nc2ccc(Br)cc2c(=O)n1CC(=O)O. The van der Waals surface area contributed by atoms with Crippen LogP contribution in [-0.4, -0.2) is 26.4 Å². The molecule has 0 saturated carbocycles. The lowest BCUT2D eigenvalue weighted by Gasteiger charge is -2.10. The van der Waals surface area contributed by atoms with E-state index in [9.17, 15) is 9.59 Å². The van der Waals surface area contributed by atoms with Gasteiger partial charge in [-0.25, -0.2) is 4.98 Å². The van der Waals surface area contributed by atoms with Gasteiger partial charge < -0.3 is 5.11 Å². The molecule has 0 saturated heterocycles. The molecule has 20 heavy (non-hydrogen) atoms. The fraction of sp³-hybridized carbons (Fsp3) is 0.154. The zero-order valence-corrected chi connectivity index (χ0v) is 12.8. The number of nitrogens with zero attached hydrogens (tertiary/aromatic N) is 2. The minimum Gasteiger partial charge on any atom is -0.480 e. The largest absolute Gasteiger partial charge is 0.480 e. The Kier molecular flexibility index (Phi) is 4.61. The second kappa shape index (κ2) is 6.23. The summed E-state index contributed by atoms with van der Waals surface area (Å²) < 4.78 is 1.92. The lowest BCUT2D eigenvalue weighted by molar-refractivity contribution is -0.137. The fourth-order valence-electron chi connectivity index (χ4n) is 1.69. The van der Waals surface area contributed by atoms with Gasteiger partial charge in [-0.15, -0.1) is 6.58 Å². The van der Waals surface area contributed by atoms with Gasteiger partial charge >= 0.3 is 5.97 Å². The molecule has 1 heterocycles. The van der Waals surface area contributed by atoms with Crippen molar-refractivity contribution in [1.82, 2.24) is 9.55 Å². The maximum atomic E-state index is 12.4. The average Bonchev–Trinajstić information content (AvgIpc) is 2.40. The molecule has 0 radical (unpaired) electrons. The predicted molar refractivity (Wildman–Crippen MR) is 82.3 cm³/mol. The van der Waals surface area contributed by atoms with Gasteiger partial charge in [0.2, 0.25) is 0 Å². The Morgan fingerprint density at radius 3 is 2.95 bits per heavy atom. The molecule has 0 amide bonds. The van der Waals surface area contributed by atoms with E-state index >= 15 is 0 Å². The Morgan fingerprint density at radius 2 is 2.30 bits per heavy atom. The molecule has 7 heteroatoms. The van der Waals surface area contributed by atoms with Crippen molar-refractivity contribution in [2.45, 2.75) is 11.7 Å². The first kappa shape index (κ1) is 14.8. The highest BCUT2D eigenvalue weighted by atomic mass is 79.9. The molecule has 2 aromatic rings. The van der Waals surface area contributed by atoms with Gasteiger partial charge in [-0.05, 0) is 18.2 Å². The van der Waals surface area contributed by atoms with Gasteiger partial charge in [-0.3, -0.25) is 14.2 Å². The van der Waals surface area contributed by atoms with E-state index in [0.717, 1.165) is 4.47 Å². The van der Waals surface area contributed by atoms with Crippen LogP contribution in [0, 0.1) is 0 Å². The summed E-state index contributed by atoms with van der Waals surface area (Å²) >= 11 is 4.57. The minimum atomic E-state index is -1.08. The molecule has 0 fully saturated rings. The van der Waals surface area contributed by atoms with Crippen LogP contribution in [0.2, 0.25) is 0 Å². The van der Waals surface area contributed by atoms with Crippen LogP contribution in [0.3, 0.4) is 0 Å². The zero-order valence-electron chi connectivity index (χ0n) is 10.4. The molecule has 1 N–H and O–H groups in total. The normalized spacial score (nSPS) is 10.7. The van der Waals surface area contributed by atoms with Crippen LogP contribution in [0.1, 0.15) is 0 Å². The van der Waals surface area contributed by atoms with Crippen molar-refractivity contribution in [2.24, 2.45) is 0 Å². The molecule has 0 bridgehead atoms. The van der Waals surface area contributed by atoms with Crippen molar-refractivity contribution >= 4 is 44.6 Å². The fourth-order valence-corrected chi connectivity index (χ4v) is 2.79. The number of halogens is 1. The van der Waals surface area contributed by atoms with E-state index in [1.165, 1.54) is 16.3 Å². The molecule has 104 valence electrons. The molecule has 1 aromatic heterocycles. The maximum Gasteiger partial charge on any atom is 0.323 e. The Hall–Kier alpha value is -1.60. The molecule has 0 spiro atoms. The van der Waals surface area contributed by atoms with Gasteiger partial charge in [0.15, 0.2) is 5.16 Å². The Morgan fingerprint density at radius 1 is 1.55 bits per heavy atom. The van der Waals surface area contributed by atoms with Crippen LogP contribution in [-0.2, 0) is 11.3 Å². The molecule has 2 rings (SSSR count). The van der Waals surface area contributed by atoms with Crippen molar-refractivity contribution in [3.05, 3.63) is 45.7 Å². The second-order valence-electron chi connectivity index (χ2n) is 3.94. The Bertz CT molecular complexity index is 742. The Balaban J connectivity index is 2.68. The van der Waals surface area contributed by atoms with Gasteiger partial charge in [0.1, 0.15) is 6.54 Å². The number of carboxylic acid groups (broad SMARTS) is 1. The van der Waals surface area contributed by atoms with Crippen molar-refractivity contribution in [3.63, 3.8) is 0 Å². The summed E-state index contributed by atoms with van der Waals surface area (Å²) in [6.45, 7) is 3.20. The minimum absolute atomic E-state index is 0.356. The number of benzene rings is 1. The quantitative estimate of drug-likeness (QED) is 0.507. The molecule has 0 unspecified atom stereocenters. The first-order valence-electron chi connectivity index (χ1n) is 5.68. The van der Waals surface area contributed by atoms with E-state index in [1.54, 1.807) is 24.3 Å². The predicted octanol–water partition coefficient (Wildman–Crippen LogP) is 2.52. The van der Waals surface area contributed by atoms with Crippen molar-refractivity contribution in [2.75, 3.05) is 5.75 Å². The number of aromatic nitrogens is 2. The summed E-state index contributed by atoms with van der Waals surface area (Å²) in [6, 6.07) is 5.16. The molecule has 5 nitrogen and oxygen atoms in total. The summed E-state index contributed by atoms with van der Waals surface area (Å²) in [5.41, 5.74) is 0.191. The number of hydrogen-bond acceptors (Lipinski definition) is 4. The molecular weight excluding hydrogens is 344 g/mol. The van der Waals surface area contributed by atoms with Crippen molar-refractivity contribution < 1.29 is 9.90 Å². The molecular formula is C13H11BrN2O3S. The van der Waals surface area contributed by atoms with Crippen LogP contribution in [0.4, 0.5) is 0 Å². The van der Waals surface area contributed by atoms with E-state index in [2.05, 4.69) is 27.5 Å². The average molecular weight is 355 g/mol. The number of thioether (sulfide) groups is 1. The van der Waals surface area contributed by atoms with Crippen LogP contribution < -0.4 is 5.56 Å². The molecule has 0 atom stereocenters. The van der Waals surface area contributed by atoms with Crippen LogP contribution in [0.25, 0.3) is 10.9 Å². The zero-order chi connectivity index (χ0) is 14.7. The number of carbonyl (C=O) groups is 1. The van der Waals surface area contributed by atoms with Crippen LogP contribution in [0.15, 0.2) is 45.3 Å². The standard InChI is InChI=1S/C13H11BrN2O3S/c1-2-5-20-13-15-10-4-3-8(14)6-9(10)12(19)16(13)7-11(17)18/h2-4,6H,1,5,7H2,(H,17,18). The monoisotopic (exact) mass is 354 g/mol. The van der Waals surface area contributed by atoms with Gasteiger partial charge in [0.05, 0.1) is 10.9 Å². The smallest absolute Gasteiger partial charge is 0.323 e. The number of rotatable bonds is 5. The first-order valence-corrected chi connectivity index (χ1v) is 7.46. The number of hydrogen-bond donors (Lipinski definition) is 1. The van der Waals surface area contributed by atoms with Crippen molar-refractivity contribution in [1.29, 1.82) is 0 Å². The summed E-state index contributed by atoms with van der Waals surface area (Å²) in [7, 11) is 0. The Labute approximate surface area is 127 Å². The van der Waals surface area contributed by atoms with Crippen molar-refractivity contribution in [3.8, 4) is 0 Å². The van der Waals surface area contributed by atoms with Crippen LogP contribution in [0.5, 0.6) is 0 Å². The summed E-state index contributed by atoms with van der Waals surface area (Å²) in [5, 5.41) is 9.72. The molecule has 0 aliphatic heterocycles. The highest BCUT2D eigenvalue weighted by Crippen LogP contribution is 2.20. The maximum absolute atomic E-state index is 12.4. The number of carboxylic acids is 1. The molecule has 0 aliphatic carbocycles. The second-order valence-corrected chi connectivity index (χ2v) is 5.84. The molecule has 1 aromatic carbocycles. The van der Waals surface area contributed by atoms with E-state index in [-0.39, 0.29) is 5.56 Å². The highest BCUT2D eigenvalue weighted by Gasteiger charge is 2.13. The lowest BCUT2D eigenvalue weighted by Crippen LogP contribution is -2.26. The third-order valence-electron chi connectivity index (χ3n) is 2.50. The number of fused-ring (bicyclic) bond motifs is 1. The van der Waals surface area contributed by atoms with Gasteiger partial charge in [0, 0.05) is 10.2 Å². The highest BCUT2D eigenvalue weighted by molar-refractivity contribution is 9.10. The topological polar surface area (TPSA) is 72.2 Å². The lowest BCUT2D eigenvalue weighted by atomic mass is 10.2. The van der Waals surface area contributed by atoms with Gasteiger partial charge in [-0.1, -0.05) is 33.8 Å². The third-order valence-corrected chi connectivity index (χ3v) is 3.97. The van der Waals surface area contributed by atoms with E-state index < -0.39 is 12.5 Å². The molecule has 0 aliphatic rings. The summed E-state index contributed by atoms with van der Waals surface area (Å²) in [5.74, 6) is -0.530.